The van der Waals surface area contributed by atoms with E-state index in [0.717, 1.165) is 51.9 Å². The Balaban J connectivity index is 1.59. The molecule has 0 bridgehead atoms. The van der Waals surface area contributed by atoms with Gasteiger partial charge in [0.2, 0.25) is 17.8 Å². The van der Waals surface area contributed by atoms with E-state index in [1.165, 1.54) is 11.8 Å². The largest absolute Gasteiger partial charge is 0.368 e. The van der Waals surface area contributed by atoms with Crippen molar-refractivity contribution in [2.45, 2.75) is 37.4 Å². The molecule has 2 aliphatic rings. The number of likely N-dealkylation sites (tertiary alicyclic amines) is 2. The van der Waals surface area contributed by atoms with Crippen molar-refractivity contribution in [3.05, 3.63) is 0 Å². The van der Waals surface area contributed by atoms with Crippen LogP contribution in [0.3, 0.4) is 0 Å². The quantitative estimate of drug-likeness (QED) is 0.770. The van der Waals surface area contributed by atoms with Gasteiger partial charge in [-0.15, -0.1) is 10.2 Å². The van der Waals surface area contributed by atoms with E-state index >= 15 is 0 Å². The molecule has 2 N–H and O–H groups in total. The SMILES string of the molecule is Nc1nnc(SCC(=O)N2CCCC2)n1CC(=O)N1CCCC1. The normalized spacial score (nSPS) is 17.9. The molecule has 0 unspecified atom stereocenters. The maximum absolute atomic E-state index is 12.3. The molecular formula is C14H22N6O2S. The van der Waals surface area contributed by atoms with Gasteiger partial charge in [0.1, 0.15) is 6.54 Å². The zero-order valence-electron chi connectivity index (χ0n) is 13.1. The Morgan fingerprint density at radius 1 is 0.957 bits per heavy atom. The highest BCUT2D eigenvalue weighted by atomic mass is 32.2. The number of rotatable bonds is 5. The van der Waals surface area contributed by atoms with Crippen LogP contribution in [0.15, 0.2) is 5.16 Å². The number of hydrogen-bond donors (Lipinski definition) is 1. The third-order valence-corrected chi connectivity index (χ3v) is 5.23. The number of hydrogen-bond acceptors (Lipinski definition) is 6. The van der Waals surface area contributed by atoms with Crippen LogP contribution in [0, 0.1) is 0 Å². The summed E-state index contributed by atoms with van der Waals surface area (Å²) in [5.41, 5.74) is 5.83. The van der Waals surface area contributed by atoms with Crippen LogP contribution in [0.5, 0.6) is 0 Å². The summed E-state index contributed by atoms with van der Waals surface area (Å²) in [6, 6.07) is 0. The van der Waals surface area contributed by atoms with Gasteiger partial charge in [-0.2, -0.15) is 0 Å². The number of nitrogens with two attached hydrogens (primary N) is 1. The molecule has 3 rings (SSSR count). The second-order valence-electron chi connectivity index (χ2n) is 5.89. The van der Waals surface area contributed by atoms with Crippen molar-refractivity contribution in [3.8, 4) is 0 Å². The average molecular weight is 338 g/mol. The van der Waals surface area contributed by atoms with Crippen LogP contribution < -0.4 is 5.73 Å². The van der Waals surface area contributed by atoms with Gasteiger partial charge >= 0.3 is 0 Å². The fourth-order valence-corrected chi connectivity index (χ4v) is 3.79. The highest BCUT2D eigenvalue weighted by Gasteiger charge is 2.23. The number of amides is 2. The first-order valence-electron chi connectivity index (χ1n) is 8.02. The van der Waals surface area contributed by atoms with Crippen LogP contribution in [0.2, 0.25) is 0 Å². The zero-order valence-corrected chi connectivity index (χ0v) is 13.9. The summed E-state index contributed by atoms with van der Waals surface area (Å²) < 4.78 is 1.60. The number of nitrogen functional groups attached to an aromatic ring is 1. The maximum Gasteiger partial charge on any atom is 0.242 e. The van der Waals surface area contributed by atoms with Crippen LogP contribution in [0.1, 0.15) is 25.7 Å². The first-order valence-corrected chi connectivity index (χ1v) is 9.01. The summed E-state index contributed by atoms with van der Waals surface area (Å²) in [5.74, 6) is 0.651. The minimum absolute atomic E-state index is 0.0294. The highest BCUT2D eigenvalue weighted by molar-refractivity contribution is 7.99. The Hall–Kier alpha value is -1.77. The van der Waals surface area contributed by atoms with E-state index in [9.17, 15) is 9.59 Å². The Morgan fingerprint density at radius 3 is 2.13 bits per heavy atom. The minimum atomic E-state index is 0.0294. The maximum atomic E-state index is 12.3. The van der Waals surface area contributed by atoms with Crippen molar-refractivity contribution in [2.75, 3.05) is 37.7 Å². The molecule has 3 heterocycles. The smallest absolute Gasteiger partial charge is 0.242 e. The van der Waals surface area contributed by atoms with E-state index in [4.69, 9.17) is 5.73 Å². The number of thioether (sulfide) groups is 1. The Kier molecular flexibility index (Phi) is 5.04. The van der Waals surface area contributed by atoms with E-state index < -0.39 is 0 Å². The number of anilines is 1. The molecule has 126 valence electrons. The lowest BCUT2D eigenvalue weighted by Crippen LogP contribution is -2.32. The average Bonchev–Trinajstić information content (AvgIpc) is 3.29. The molecule has 0 atom stereocenters. The Labute approximate surface area is 139 Å². The molecule has 2 saturated heterocycles. The van der Waals surface area contributed by atoms with Crippen molar-refractivity contribution in [3.63, 3.8) is 0 Å². The van der Waals surface area contributed by atoms with Gasteiger partial charge in [-0.25, -0.2) is 0 Å². The van der Waals surface area contributed by atoms with E-state index in [-0.39, 0.29) is 24.3 Å². The van der Waals surface area contributed by atoms with E-state index in [0.29, 0.717) is 10.9 Å². The van der Waals surface area contributed by atoms with Crippen LogP contribution >= 0.6 is 11.8 Å². The molecule has 2 aliphatic heterocycles. The van der Waals surface area contributed by atoms with Gasteiger partial charge < -0.3 is 15.5 Å². The van der Waals surface area contributed by atoms with Crippen LogP contribution in [-0.2, 0) is 16.1 Å². The monoisotopic (exact) mass is 338 g/mol. The second-order valence-corrected chi connectivity index (χ2v) is 6.83. The third-order valence-electron chi connectivity index (χ3n) is 4.28. The Bertz CT molecular complexity index is 578. The number of carbonyl (C=O) groups is 2. The van der Waals surface area contributed by atoms with Crippen LogP contribution in [0.4, 0.5) is 5.95 Å². The lowest BCUT2D eigenvalue weighted by Gasteiger charge is -2.17. The molecule has 0 spiro atoms. The van der Waals surface area contributed by atoms with E-state index in [1.54, 1.807) is 4.57 Å². The molecule has 0 aromatic carbocycles. The van der Waals surface area contributed by atoms with Gasteiger partial charge in [0.05, 0.1) is 5.75 Å². The summed E-state index contributed by atoms with van der Waals surface area (Å²) in [6.07, 6.45) is 4.25. The second kappa shape index (κ2) is 7.20. The fourth-order valence-electron chi connectivity index (χ4n) is 2.94. The van der Waals surface area contributed by atoms with Crippen molar-refractivity contribution in [1.82, 2.24) is 24.6 Å². The van der Waals surface area contributed by atoms with E-state index in [1.807, 2.05) is 9.80 Å². The summed E-state index contributed by atoms with van der Waals surface area (Å²) >= 11 is 1.29. The summed E-state index contributed by atoms with van der Waals surface area (Å²) in [6.45, 7) is 3.41. The summed E-state index contributed by atoms with van der Waals surface area (Å²) in [7, 11) is 0. The highest BCUT2D eigenvalue weighted by Crippen LogP contribution is 2.20. The van der Waals surface area contributed by atoms with Crippen molar-refractivity contribution >= 4 is 29.5 Å². The van der Waals surface area contributed by atoms with Gasteiger partial charge in [-0.05, 0) is 25.7 Å². The first-order chi connectivity index (χ1) is 11.1. The van der Waals surface area contributed by atoms with Crippen molar-refractivity contribution in [2.24, 2.45) is 0 Å². The van der Waals surface area contributed by atoms with E-state index in [2.05, 4.69) is 10.2 Å². The molecule has 1 aromatic heterocycles. The molecule has 0 radical (unpaired) electrons. The van der Waals surface area contributed by atoms with Crippen LogP contribution in [0.25, 0.3) is 0 Å². The van der Waals surface area contributed by atoms with Crippen molar-refractivity contribution < 1.29 is 9.59 Å². The first kappa shape index (κ1) is 16.1. The Morgan fingerprint density at radius 2 is 1.52 bits per heavy atom. The number of carbonyl (C=O) groups excluding carboxylic acids is 2. The van der Waals surface area contributed by atoms with Gasteiger partial charge in [0.25, 0.3) is 0 Å². The molecule has 9 heteroatoms. The van der Waals surface area contributed by atoms with Gasteiger partial charge in [0, 0.05) is 26.2 Å². The summed E-state index contributed by atoms with van der Waals surface area (Å²) in [5, 5.41) is 8.38. The molecule has 0 saturated carbocycles. The standard InChI is InChI=1S/C14H22N6O2S/c15-13-16-17-14(23-10-12(22)19-7-3-4-8-19)20(13)9-11(21)18-5-1-2-6-18/h1-10H2,(H2,15,16). The van der Waals surface area contributed by atoms with Gasteiger partial charge in [-0.1, -0.05) is 11.8 Å². The molecule has 1 aromatic rings. The number of nitrogens with zero attached hydrogens (tertiary/aromatic N) is 5. The molecule has 23 heavy (non-hydrogen) atoms. The van der Waals surface area contributed by atoms with Crippen LogP contribution in [-0.4, -0.2) is 68.3 Å². The lowest BCUT2D eigenvalue weighted by atomic mass is 10.4. The van der Waals surface area contributed by atoms with Crippen molar-refractivity contribution in [1.29, 1.82) is 0 Å². The van der Waals surface area contributed by atoms with Gasteiger partial charge in [-0.3, -0.25) is 14.2 Å². The predicted octanol–water partition coefficient (Wildman–Crippen LogP) is 0.197. The predicted molar refractivity (Wildman–Crippen MR) is 86.8 cm³/mol. The zero-order chi connectivity index (χ0) is 16.2. The molecule has 0 aliphatic carbocycles. The number of aromatic nitrogens is 3. The molecule has 2 fully saturated rings. The topological polar surface area (TPSA) is 97.3 Å². The molecular weight excluding hydrogens is 316 g/mol. The third kappa shape index (κ3) is 3.77. The minimum Gasteiger partial charge on any atom is -0.368 e. The fraction of sp³-hybridized carbons (Fsp3) is 0.714. The molecule has 8 nitrogen and oxygen atoms in total. The lowest BCUT2D eigenvalue weighted by molar-refractivity contribution is -0.130. The summed E-state index contributed by atoms with van der Waals surface area (Å²) in [4.78, 5) is 28.1. The van der Waals surface area contributed by atoms with Gasteiger partial charge in [0.15, 0.2) is 5.16 Å². The molecule has 2 amide bonds.